The van der Waals surface area contributed by atoms with E-state index in [-0.39, 0.29) is 23.8 Å². The van der Waals surface area contributed by atoms with Crippen molar-refractivity contribution in [1.82, 2.24) is 9.47 Å². The third kappa shape index (κ3) is 5.17. The maximum absolute atomic E-state index is 13.9. The molecule has 1 aromatic heterocycles. The lowest BCUT2D eigenvalue weighted by Crippen LogP contribution is -2.28. The van der Waals surface area contributed by atoms with Crippen molar-refractivity contribution >= 4 is 40.6 Å². The molecule has 38 heavy (non-hydrogen) atoms. The number of aryl methyl sites for hydroxylation is 1. The van der Waals surface area contributed by atoms with Crippen molar-refractivity contribution < 1.29 is 19.1 Å². The second-order valence-corrected chi connectivity index (χ2v) is 9.88. The molecule has 1 amide bonds. The number of aromatic nitrogens is 1. The van der Waals surface area contributed by atoms with Crippen LogP contribution >= 0.6 is 11.8 Å². The first-order valence-corrected chi connectivity index (χ1v) is 12.7. The summed E-state index contributed by atoms with van der Waals surface area (Å²) in [7, 11) is 0. The molecule has 1 saturated heterocycles. The zero-order chi connectivity index (χ0) is 26.8. The third-order valence-electron chi connectivity index (χ3n) is 6.23. The largest absolute Gasteiger partial charge is 0.478 e. The number of amides is 1. The fraction of sp³-hybridized carbons (Fsp3) is 0.100. The Morgan fingerprint density at radius 2 is 1.74 bits per heavy atom. The van der Waals surface area contributed by atoms with E-state index < -0.39 is 5.97 Å². The summed E-state index contributed by atoms with van der Waals surface area (Å²) in [6, 6.07) is 24.2. The molecule has 1 N–H and O–H groups in total. The number of hydrogen-bond donors (Lipinski definition) is 1. The van der Waals surface area contributed by atoms with E-state index in [9.17, 15) is 19.1 Å². The number of benzene rings is 3. The average molecular weight is 526 g/mol. The maximum Gasteiger partial charge on any atom is 0.335 e. The number of hydrogen-bond acceptors (Lipinski definition) is 4. The van der Waals surface area contributed by atoms with Crippen LogP contribution in [0.4, 0.5) is 10.1 Å². The van der Waals surface area contributed by atoms with Gasteiger partial charge in [-0.15, -0.1) is 0 Å². The smallest absolute Gasteiger partial charge is 0.335 e. The molecule has 1 aliphatic rings. The van der Waals surface area contributed by atoms with Gasteiger partial charge in [0.2, 0.25) is 0 Å². The Morgan fingerprint density at radius 3 is 2.42 bits per heavy atom. The van der Waals surface area contributed by atoms with Crippen LogP contribution in [0, 0.1) is 19.7 Å². The zero-order valence-corrected chi connectivity index (χ0v) is 21.6. The van der Waals surface area contributed by atoms with Crippen LogP contribution in [0.1, 0.15) is 32.9 Å². The third-order valence-corrected chi connectivity index (χ3v) is 7.24. The molecule has 6 nitrogen and oxygen atoms in total. The van der Waals surface area contributed by atoms with Gasteiger partial charge in [-0.3, -0.25) is 9.69 Å². The Kier molecular flexibility index (Phi) is 6.98. The van der Waals surface area contributed by atoms with E-state index in [1.54, 1.807) is 23.1 Å². The molecule has 0 radical (unpaired) electrons. The minimum atomic E-state index is -1.00. The lowest BCUT2D eigenvalue weighted by molar-refractivity contribution is -0.122. The lowest BCUT2D eigenvalue weighted by Gasteiger charge is -2.16. The molecule has 2 heterocycles. The molecule has 0 aliphatic carbocycles. The van der Waals surface area contributed by atoms with Crippen LogP contribution in [-0.2, 0) is 11.3 Å². The molecule has 1 aliphatic heterocycles. The Hall–Kier alpha value is -4.43. The number of carboxylic acids is 1. The molecule has 190 valence electrons. The number of aromatic carboxylic acids is 1. The van der Waals surface area contributed by atoms with Crippen molar-refractivity contribution in [2.24, 2.45) is 4.99 Å². The van der Waals surface area contributed by atoms with E-state index in [2.05, 4.69) is 0 Å². The second kappa shape index (κ2) is 10.5. The molecule has 3 aromatic carbocycles. The first kappa shape index (κ1) is 25.2. The number of halogens is 1. The Bertz CT molecular complexity index is 1590. The molecule has 0 bridgehead atoms. The number of amidine groups is 1. The van der Waals surface area contributed by atoms with Gasteiger partial charge in [0.05, 0.1) is 22.7 Å². The van der Waals surface area contributed by atoms with E-state index >= 15 is 0 Å². The summed E-state index contributed by atoms with van der Waals surface area (Å²) in [4.78, 5) is 31.7. The van der Waals surface area contributed by atoms with Crippen molar-refractivity contribution in [3.63, 3.8) is 0 Å². The Balaban J connectivity index is 1.51. The second-order valence-electron chi connectivity index (χ2n) is 8.88. The summed E-state index contributed by atoms with van der Waals surface area (Å²) < 4.78 is 15.8. The molecule has 0 saturated carbocycles. The van der Waals surface area contributed by atoms with Crippen molar-refractivity contribution in [2.45, 2.75) is 20.4 Å². The number of rotatable bonds is 6. The molecule has 8 heteroatoms. The highest BCUT2D eigenvalue weighted by Gasteiger charge is 2.34. The maximum atomic E-state index is 13.9. The number of para-hydroxylation sites is 1. The van der Waals surface area contributed by atoms with Gasteiger partial charge in [0, 0.05) is 17.1 Å². The first-order chi connectivity index (χ1) is 18.3. The van der Waals surface area contributed by atoms with Crippen LogP contribution < -0.4 is 0 Å². The topological polar surface area (TPSA) is 74.9 Å². The summed E-state index contributed by atoms with van der Waals surface area (Å²) in [5.74, 6) is -1.51. The van der Waals surface area contributed by atoms with E-state index in [1.807, 2.05) is 67.0 Å². The van der Waals surface area contributed by atoms with Crippen LogP contribution in [0.15, 0.2) is 94.8 Å². The fourth-order valence-electron chi connectivity index (χ4n) is 4.37. The molecule has 0 spiro atoms. The molecule has 1 fully saturated rings. The lowest BCUT2D eigenvalue weighted by atomic mass is 10.1. The molecular formula is C30H24FN3O3S. The quantitative estimate of drug-likeness (QED) is 0.283. The minimum absolute atomic E-state index is 0.184. The highest BCUT2D eigenvalue weighted by molar-refractivity contribution is 8.18. The molecule has 4 aromatic rings. The van der Waals surface area contributed by atoms with Gasteiger partial charge in [-0.25, -0.2) is 14.2 Å². The van der Waals surface area contributed by atoms with Gasteiger partial charge in [0.25, 0.3) is 5.91 Å². The number of nitrogens with zero attached hydrogens (tertiary/aromatic N) is 3. The van der Waals surface area contributed by atoms with Crippen molar-refractivity contribution in [3.05, 3.63) is 124 Å². The predicted octanol–water partition coefficient (Wildman–Crippen LogP) is 6.74. The van der Waals surface area contributed by atoms with Gasteiger partial charge in [-0.05, 0) is 91.3 Å². The summed E-state index contributed by atoms with van der Waals surface area (Å²) in [5, 5.41) is 9.73. The average Bonchev–Trinajstić information content (AvgIpc) is 3.34. The van der Waals surface area contributed by atoms with Crippen LogP contribution in [0.25, 0.3) is 11.8 Å². The highest BCUT2D eigenvalue weighted by Crippen LogP contribution is 2.36. The van der Waals surface area contributed by atoms with Gasteiger partial charge in [-0.1, -0.05) is 36.4 Å². The predicted molar refractivity (Wildman–Crippen MR) is 148 cm³/mol. The van der Waals surface area contributed by atoms with Gasteiger partial charge in [0.1, 0.15) is 5.82 Å². The molecule has 0 unspecified atom stereocenters. The highest BCUT2D eigenvalue weighted by atomic mass is 32.2. The van der Waals surface area contributed by atoms with E-state index in [0.717, 1.165) is 28.2 Å². The molecular weight excluding hydrogens is 501 g/mol. The van der Waals surface area contributed by atoms with Crippen LogP contribution in [0.3, 0.4) is 0 Å². The van der Waals surface area contributed by atoms with Gasteiger partial charge in [0.15, 0.2) is 5.17 Å². The number of carbonyl (C=O) groups is 2. The molecule has 0 atom stereocenters. The summed E-state index contributed by atoms with van der Waals surface area (Å²) in [6.45, 7) is 4.13. The fourth-order valence-corrected chi connectivity index (χ4v) is 5.36. The summed E-state index contributed by atoms with van der Waals surface area (Å²) in [5.41, 5.74) is 5.07. The van der Waals surface area contributed by atoms with Crippen LogP contribution in [0.2, 0.25) is 0 Å². The number of thioether (sulfide) groups is 1. The normalized spacial score (nSPS) is 15.6. The van der Waals surface area contributed by atoms with Crippen molar-refractivity contribution in [2.75, 3.05) is 0 Å². The summed E-state index contributed by atoms with van der Waals surface area (Å²) >= 11 is 1.29. The Labute approximate surface area is 223 Å². The Morgan fingerprint density at radius 1 is 1.00 bits per heavy atom. The van der Waals surface area contributed by atoms with E-state index in [1.165, 1.54) is 36.0 Å². The van der Waals surface area contributed by atoms with Crippen LogP contribution in [-0.4, -0.2) is 31.6 Å². The zero-order valence-electron chi connectivity index (χ0n) is 20.8. The number of carboxylic acid groups (broad SMARTS) is 1. The first-order valence-electron chi connectivity index (χ1n) is 11.9. The van der Waals surface area contributed by atoms with Crippen LogP contribution in [0.5, 0.6) is 0 Å². The SMILES string of the molecule is Cc1cc(/C=C2\SC(=Nc3ccccc3)N(Cc3ccc(C(=O)O)cc3)C2=O)c(C)n1-c1cccc(F)c1. The van der Waals surface area contributed by atoms with Crippen molar-refractivity contribution in [1.29, 1.82) is 0 Å². The van der Waals surface area contributed by atoms with E-state index in [4.69, 9.17) is 4.99 Å². The minimum Gasteiger partial charge on any atom is -0.478 e. The standard InChI is InChI=1S/C30H24FN3O3S/c1-19-15-23(20(2)34(19)26-10-6-7-24(31)17-26)16-27-28(35)33(18-21-11-13-22(14-12-21)29(36)37)30(38-27)32-25-8-4-3-5-9-25/h3-17H,18H2,1-2H3,(H,36,37)/b27-16-,32-30?. The van der Waals surface area contributed by atoms with Gasteiger partial charge >= 0.3 is 5.97 Å². The number of aliphatic imine (C=N–C) groups is 1. The van der Waals surface area contributed by atoms with Gasteiger partial charge < -0.3 is 9.67 Å². The van der Waals surface area contributed by atoms with Gasteiger partial charge in [-0.2, -0.15) is 0 Å². The number of carbonyl (C=O) groups excluding carboxylic acids is 1. The van der Waals surface area contributed by atoms with Crippen molar-refractivity contribution in [3.8, 4) is 5.69 Å². The van der Waals surface area contributed by atoms with E-state index in [0.29, 0.717) is 15.8 Å². The monoisotopic (exact) mass is 525 g/mol. The summed E-state index contributed by atoms with van der Waals surface area (Å²) in [6.07, 6.45) is 1.85. The molecule has 5 rings (SSSR count).